The first kappa shape index (κ1) is 15.5. The molecule has 0 amide bonds. The largest absolute Gasteiger partial charge is 0.309 e. The normalized spacial score (nSPS) is 19.6. The summed E-state index contributed by atoms with van der Waals surface area (Å²) < 4.78 is 2.08. The van der Waals surface area contributed by atoms with Crippen molar-refractivity contribution in [1.29, 1.82) is 0 Å². The first-order chi connectivity index (χ1) is 9.64. The van der Waals surface area contributed by atoms with E-state index in [0.717, 1.165) is 19.5 Å². The molecule has 20 heavy (non-hydrogen) atoms. The lowest BCUT2D eigenvalue weighted by molar-refractivity contribution is 0.105. The summed E-state index contributed by atoms with van der Waals surface area (Å²) in [5, 5.41) is 8.25. The molecule has 1 unspecified atom stereocenters. The number of rotatable bonds is 7. The molecule has 1 N–H and O–H groups in total. The summed E-state index contributed by atoms with van der Waals surface area (Å²) in [5.41, 5.74) is 1.59. The first-order valence-electron chi connectivity index (χ1n) is 8.07. The van der Waals surface area contributed by atoms with Crippen LogP contribution in [0.1, 0.15) is 57.6 Å². The highest BCUT2D eigenvalue weighted by molar-refractivity contribution is 5.19. The fourth-order valence-electron chi connectivity index (χ4n) is 3.68. The van der Waals surface area contributed by atoms with Crippen LogP contribution in [0.4, 0.5) is 0 Å². The van der Waals surface area contributed by atoms with Crippen molar-refractivity contribution in [3.05, 3.63) is 18.0 Å². The second kappa shape index (κ2) is 6.72. The van der Waals surface area contributed by atoms with Crippen LogP contribution in [0.25, 0.3) is 0 Å². The lowest BCUT2D eigenvalue weighted by atomic mass is 9.83. The van der Waals surface area contributed by atoms with Crippen molar-refractivity contribution in [2.45, 2.75) is 64.1 Å². The van der Waals surface area contributed by atoms with E-state index in [9.17, 15) is 0 Å². The van der Waals surface area contributed by atoms with Gasteiger partial charge in [0, 0.05) is 23.8 Å². The Bertz CT molecular complexity index is 404. The number of hydrogen-bond donors (Lipinski definition) is 1. The molecule has 0 aliphatic heterocycles. The zero-order valence-electron chi connectivity index (χ0n) is 13.5. The Morgan fingerprint density at radius 2 is 2.05 bits per heavy atom. The van der Waals surface area contributed by atoms with Crippen molar-refractivity contribution in [2.24, 2.45) is 0 Å². The zero-order chi connectivity index (χ0) is 14.6. The van der Waals surface area contributed by atoms with Crippen LogP contribution in [0, 0.1) is 0 Å². The van der Waals surface area contributed by atoms with Gasteiger partial charge in [0.15, 0.2) is 0 Å². The number of nitrogens with one attached hydrogen (secondary N) is 1. The quantitative estimate of drug-likeness (QED) is 0.832. The van der Waals surface area contributed by atoms with Crippen LogP contribution >= 0.6 is 0 Å². The Kier molecular flexibility index (Phi) is 5.22. The van der Waals surface area contributed by atoms with Gasteiger partial charge >= 0.3 is 0 Å². The third-order valence-electron chi connectivity index (χ3n) is 4.74. The summed E-state index contributed by atoms with van der Waals surface area (Å²) >= 11 is 0. The van der Waals surface area contributed by atoms with Crippen LogP contribution in [-0.2, 0) is 6.54 Å². The number of aromatic nitrogens is 2. The van der Waals surface area contributed by atoms with E-state index in [1.165, 1.54) is 31.2 Å². The topological polar surface area (TPSA) is 33.1 Å². The van der Waals surface area contributed by atoms with Crippen molar-refractivity contribution >= 4 is 0 Å². The highest BCUT2D eigenvalue weighted by Crippen LogP contribution is 2.43. The summed E-state index contributed by atoms with van der Waals surface area (Å²) in [6.45, 7) is 6.40. The molecule has 1 aliphatic carbocycles. The van der Waals surface area contributed by atoms with E-state index in [1.54, 1.807) is 0 Å². The van der Waals surface area contributed by atoms with Crippen LogP contribution in [-0.4, -0.2) is 40.9 Å². The van der Waals surface area contributed by atoms with Crippen molar-refractivity contribution in [3.8, 4) is 0 Å². The zero-order valence-corrected chi connectivity index (χ0v) is 13.5. The molecule has 1 saturated carbocycles. The Labute approximate surface area is 123 Å². The number of hydrogen-bond acceptors (Lipinski definition) is 3. The molecule has 4 heteroatoms. The summed E-state index contributed by atoms with van der Waals surface area (Å²) in [6, 6.07) is 0.385. The fourth-order valence-corrected chi connectivity index (χ4v) is 3.68. The van der Waals surface area contributed by atoms with Crippen molar-refractivity contribution in [2.75, 3.05) is 20.6 Å². The molecule has 2 rings (SSSR count). The van der Waals surface area contributed by atoms with E-state index in [1.807, 2.05) is 0 Å². The highest BCUT2D eigenvalue weighted by Gasteiger charge is 2.43. The number of aryl methyl sites for hydroxylation is 1. The third-order valence-corrected chi connectivity index (χ3v) is 4.74. The minimum Gasteiger partial charge on any atom is -0.309 e. The average molecular weight is 278 g/mol. The minimum atomic E-state index is 0.246. The summed E-state index contributed by atoms with van der Waals surface area (Å²) in [5.74, 6) is 0. The van der Waals surface area contributed by atoms with E-state index in [4.69, 9.17) is 0 Å². The van der Waals surface area contributed by atoms with Gasteiger partial charge in [-0.2, -0.15) is 5.10 Å². The molecule has 114 valence electrons. The Hall–Kier alpha value is -0.870. The van der Waals surface area contributed by atoms with Gasteiger partial charge in [0.2, 0.25) is 0 Å². The van der Waals surface area contributed by atoms with Gasteiger partial charge in [-0.3, -0.25) is 4.68 Å². The van der Waals surface area contributed by atoms with Gasteiger partial charge in [0.25, 0.3) is 0 Å². The summed E-state index contributed by atoms with van der Waals surface area (Å²) in [4.78, 5) is 2.44. The molecular formula is C16H30N4. The van der Waals surface area contributed by atoms with Crippen molar-refractivity contribution in [3.63, 3.8) is 0 Å². The average Bonchev–Trinajstić information content (AvgIpc) is 3.06. The van der Waals surface area contributed by atoms with Crippen LogP contribution in [0.5, 0.6) is 0 Å². The molecule has 4 nitrogen and oxygen atoms in total. The van der Waals surface area contributed by atoms with Crippen LogP contribution in [0.2, 0.25) is 0 Å². The van der Waals surface area contributed by atoms with E-state index in [2.05, 4.69) is 60.3 Å². The number of likely N-dealkylation sites (N-methyl/N-ethyl adjacent to an activating group) is 2. The van der Waals surface area contributed by atoms with Gasteiger partial charge in [-0.05, 0) is 39.9 Å². The Balaban J connectivity index is 2.28. The second-order valence-electron chi connectivity index (χ2n) is 6.23. The molecule has 1 aromatic rings. The Morgan fingerprint density at radius 1 is 1.35 bits per heavy atom. The maximum Gasteiger partial charge on any atom is 0.0538 e. The standard InChI is InChI=1S/C16H30N4/c1-5-11-20-13-14(12-18-20)15(17-6-2)16(19(3)4)9-7-8-10-16/h12-13,15,17H,5-11H2,1-4H3. The van der Waals surface area contributed by atoms with Gasteiger partial charge in [-0.1, -0.05) is 26.7 Å². The van der Waals surface area contributed by atoms with Gasteiger partial charge in [0.1, 0.15) is 0 Å². The molecule has 1 atom stereocenters. The molecule has 1 fully saturated rings. The molecular weight excluding hydrogens is 248 g/mol. The molecule has 0 spiro atoms. The lowest BCUT2D eigenvalue weighted by Crippen LogP contribution is -2.51. The van der Waals surface area contributed by atoms with Gasteiger partial charge in [0.05, 0.1) is 12.2 Å². The minimum absolute atomic E-state index is 0.246. The molecule has 0 radical (unpaired) electrons. The van der Waals surface area contributed by atoms with Crippen molar-refractivity contribution < 1.29 is 0 Å². The summed E-state index contributed by atoms with van der Waals surface area (Å²) in [6.07, 6.45) is 10.7. The van der Waals surface area contributed by atoms with Crippen LogP contribution in [0.15, 0.2) is 12.4 Å². The fraction of sp³-hybridized carbons (Fsp3) is 0.812. The molecule has 1 aliphatic rings. The Morgan fingerprint density at radius 3 is 2.60 bits per heavy atom. The van der Waals surface area contributed by atoms with Gasteiger partial charge in [-0.15, -0.1) is 0 Å². The maximum absolute atomic E-state index is 4.53. The van der Waals surface area contributed by atoms with Crippen LogP contribution < -0.4 is 5.32 Å². The van der Waals surface area contributed by atoms with Gasteiger partial charge in [-0.25, -0.2) is 0 Å². The third kappa shape index (κ3) is 2.91. The smallest absolute Gasteiger partial charge is 0.0538 e. The molecule has 0 aromatic carbocycles. The van der Waals surface area contributed by atoms with E-state index >= 15 is 0 Å². The summed E-state index contributed by atoms with van der Waals surface area (Å²) in [7, 11) is 4.46. The van der Waals surface area contributed by atoms with E-state index < -0.39 is 0 Å². The number of nitrogens with zero attached hydrogens (tertiary/aromatic N) is 3. The van der Waals surface area contributed by atoms with Gasteiger partial charge < -0.3 is 10.2 Å². The lowest BCUT2D eigenvalue weighted by Gasteiger charge is -2.43. The van der Waals surface area contributed by atoms with Crippen molar-refractivity contribution in [1.82, 2.24) is 20.0 Å². The highest BCUT2D eigenvalue weighted by atomic mass is 15.3. The first-order valence-corrected chi connectivity index (χ1v) is 8.07. The van der Waals surface area contributed by atoms with E-state index in [-0.39, 0.29) is 5.54 Å². The molecule has 0 bridgehead atoms. The predicted octanol–water partition coefficient (Wildman–Crippen LogP) is 2.82. The molecule has 1 aromatic heterocycles. The van der Waals surface area contributed by atoms with Crippen LogP contribution in [0.3, 0.4) is 0 Å². The SMILES string of the molecule is CCCn1cc(C(NCC)C2(N(C)C)CCCC2)cn1. The molecule has 0 saturated heterocycles. The monoisotopic (exact) mass is 278 g/mol. The maximum atomic E-state index is 4.53. The van der Waals surface area contributed by atoms with E-state index in [0.29, 0.717) is 6.04 Å². The molecule has 1 heterocycles. The predicted molar refractivity (Wildman–Crippen MR) is 83.8 cm³/mol. The second-order valence-corrected chi connectivity index (χ2v) is 6.23.